The molecule has 2 aromatic heterocycles. The van der Waals surface area contributed by atoms with E-state index in [0.29, 0.717) is 5.39 Å². The minimum Gasteiger partial charge on any atom is -0.368 e. The molecule has 1 aliphatic rings. The molecule has 0 aliphatic carbocycles. The summed E-state index contributed by atoms with van der Waals surface area (Å²) in [6.45, 7) is 9.80. The zero-order chi connectivity index (χ0) is 18.3. The Morgan fingerprint density at radius 2 is 1.85 bits per heavy atom. The van der Waals surface area contributed by atoms with Gasteiger partial charge in [0.15, 0.2) is 5.13 Å². The highest BCUT2D eigenvalue weighted by atomic mass is 32.1. The summed E-state index contributed by atoms with van der Waals surface area (Å²) in [6, 6.07) is 6.10. The van der Waals surface area contributed by atoms with Gasteiger partial charge in [0, 0.05) is 43.3 Å². The van der Waals surface area contributed by atoms with Crippen molar-refractivity contribution in [3.63, 3.8) is 0 Å². The van der Waals surface area contributed by atoms with Gasteiger partial charge in [0.05, 0.1) is 22.9 Å². The average molecular weight is 369 g/mol. The summed E-state index contributed by atoms with van der Waals surface area (Å²) in [5, 5.41) is 3.89. The average Bonchev–Trinajstić information content (AvgIpc) is 3.08. The predicted octanol–water partition coefficient (Wildman–Crippen LogP) is 3.07. The fourth-order valence-corrected chi connectivity index (χ4v) is 4.19. The SMILES string of the molecule is Cc1csc(N2CCN(c3ccc4c(=O)n(C(C)C)cnc4c3)CC2)n1. The van der Waals surface area contributed by atoms with Crippen LogP contribution < -0.4 is 15.4 Å². The molecule has 0 amide bonds. The smallest absolute Gasteiger partial charge is 0.261 e. The van der Waals surface area contributed by atoms with E-state index in [1.165, 1.54) is 0 Å². The van der Waals surface area contributed by atoms with E-state index in [0.717, 1.165) is 48.2 Å². The Kier molecular flexibility index (Phi) is 4.40. The maximum absolute atomic E-state index is 12.6. The number of benzene rings is 1. The number of fused-ring (bicyclic) bond motifs is 1. The van der Waals surface area contributed by atoms with Gasteiger partial charge in [0.2, 0.25) is 0 Å². The van der Waals surface area contributed by atoms with Gasteiger partial charge in [0.1, 0.15) is 0 Å². The van der Waals surface area contributed by atoms with Crippen LogP contribution >= 0.6 is 11.3 Å². The minimum atomic E-state index is 0.0282. The summed E-state index contributed by atoms with van der Waals surface area (Å²) >= 11 is 1.71. The van der Waals surface area contributed by atoms with Crippen molar-refractivity contribution < 1.29 is 0 Å². The fraction of sp³-hybridized carbons (Fsp3) is 0.421. The highest BCUT2D eigenvalue weighted by molar-refractivity contribution is 7.13. The van der Waals surface area contributed by atoms with E-state index in [1.54, 1.807) is 22.2 Å². The van der Waals surface area contributed by atoms with Crippen LogP contribution in [0.25, 0.3) is 10.9 Å². The van der Waals surface area contributed by atoms with Gasteiger partial charge in [-0.3, -0.25) is 9.36 Å². The Hall–Kier alpha value is -2.41. The zero-order valence-electron chi connectivity index (χ0n) is 15.3. The molecule has 3 aromatic rings. The van der Waals surface area contributed by atoms with E-state index in [9.17, 15) is 4.79 Å². The number of hydrogen-bond acceptors (Lipinski definition) is 6. The molecule has 0 N–H and O–H groups in total. The number of anilines is 2. The van der Waals surface area contributed by atoms with Crippen molar-refractivity contribution in [3.8, 4) is 0 Å². The molecule has 1 saturated heterocycles. The molecule has 0 bridgehead atoms. The molecule has 1 fully saturated rings. The third-order valence-electron chi connectivity index (χ3n) is 4.85. The van der Waals surface area contributed by atoms with E-state index in [-0.39, 0.29) is 11.6 Å². The molecular weight excluding hydrogens is 346 g/mol. The molecule has 4 rings (SSSR count). The number of hydrogen-bond donors (Lipinski definition) is 0. The van der Waals surface area contributed by atoms with Gasteiger partial charge >= 0.3 is 0 Å². The van der Waals surface area contributed by atoms with Crippen LogP contribution in [0.15, 0.2) is 34.7 Å². The highest BCUT2D eigenvalue weighted by Crippen LogP contribution is 2.25. The van der Waals surface area contributed by atoms with Crippen molar-refractivity contribution >= 4 is 33.1 Å². The molecule has 0 unspecified atom stereocenters. The largest absolute Gasteiger partial charge is 0.368 e. The van der Waals surface area contributed by atoms with Gasteiger partial charge in [-0.2, -0.15) is 0 Å². The lowest BCUT2D eigenvalue weighted by atomic mass is 10.2. The Labute approximate surface area is 156 Å². The quantitative estimate of drug-likeness (QED) is 0.710. The van der Waals surface area contributed by atoms with Crippen molar-refractivity contribution in [1.82, 2.24) is 14.5 Å². The number of rotatable bonds is 3. The molecule has 1 aromatic carbocycles. The first-order valence-electron chi connectivity index (χ1n) is 8.96. The van der Waals surface area contributed by atoms with Crippen LogP contribution in [-0.4, -0.2) is 40.7 Å². The van der Waals surface area contributed by atoms with E-state index >= 15 is 0 Å². The van der Waals surface area contributed by atoms with E-state index < -0.39 is 0 Å². The van der Waals surface area contributed by atoms with Crippen LogP contribution in [-0.2, 0) is 0 Å². The van der Waals surface area contributed by atoms with Crippen molar-refractivity contribution in [2.24, 2.45) is 0 Å². The van der Waals surface area contributed by atoms with Crippen LogP contribution in [0.4, 0.5) is 10.8 Å². The number of piperazine rings is 1. The lowest BCUT2D eigenvalue weighted by molar-refractivity contribution is 0.573. The maximum Gasteiger partial charge on any atom is 0.261 e. The molecule has 1 aliphatic heterocycles. The molecule has 6 nitrogen and oxygen atoms in total. The summed E-state index contributed by atoms with van der Waals surface area (Å²) in [5.74, 6) is 0. The van der Waals surface area contributed by atoms with E-state index in [2.05, 4.69) is 25.1 Å². The van der Waals surface area contributed by atoms with Crippen molar-refractivity contribution in [2.75, 3.05) is 36.0 Å². The van der Waals surface area contributed by atoms with Crippen molar-refractivity contribution in [3.05, 3.63) is 46.0 Å². The molecule has 0 atom stereocenters. The molecular formula is C19H23N5OS. The monoisotopic (exact) mass is 369 g/mol. The summed E-state index contributed by atoms with van der Waals surface area (Å²) in [7, 11) is 0. The van der Waals surface area contributed by atoms with E-state index in [4.69, 9.17) is 0 Å². The van der Waals surface area contributed by atoms with Gasteiger partial charge < -0.3 is 9.80 Å². The molecule has 3 heterocycles. The second-order valence-corrected chi connectivity index (χ2v) is 7.83. The second kappa shape index (κ2) is 6.72. The number of thiazole rings is 1. The third kappa shape index (κ3) is 3.07. The number of nitrogens with zero attached hydrogens (tertiary/aromatic N) is 5. The van der Waals surface area contributed by atoms with Crippen LogP contribution in [0.2, 0.25) is 0 Å². The first kappa shape index (κ1) is 17.0. The van der Waals surface area contributed by atoms with Gasteiger partial charge in [-0.05, 0) is 39.0 Å². The summed E-state index contributed by atoms with van der Waals surface area (Å²) in [4.78, 5) is 26.3. The summed E-state index contributed by atoms with van der Waals surface area (Å²) in [6.07, 6.45) is 1.65. The number of aryl methyl sites for hydroxylation is 1. The van der Waals surface area contributed by atoms with Gasteiger partial charge in [-0.1, -0.05) is 0 Å². The Morgan fingerprint density at radius 1 is 1.12 bits per heavy atom. The second-order valence-electron chi connectivity index (χ2n) is 7.00. The summed E-state index contributed by atoms with van der Waals surface area (Å²) in [5.41, 5.74) is 3.00. The normalized spacial score (nSPS) is 15.2. The maximum atomic E-state index is 12.6. The van der Waals surface area contributed by atoms with Crippen LogP contribution in [0, 0.1) is 6.92 Å². The Balaban J connectivity index is 1.54. The van der Waals surface area contributed by atoms with Crippen LogP contribution in [0.1, 0.15) is 25.6 Å². The lowest BCUT2D eigenvalue weighted by Crippen LogP contribution is -2.46. The van der Waals surface area contributed by atoms with Gasteiger partial charge in [-0.25, -0.2) is 9.97 Å². The summed E-state index contributed by atoms with van der Waals surface area (Å²) < 4.78 is 1.68. The van der Waals surface area contributed by atoms with Gasteiger partial charge in [0.25, 0.3) is 5.56 Å². The lowest BCUT2D eigenvalue weighted by Gasteiger charge is -2.36. The molecule has 0 spiro atoms. The highest BCUT2D eigenvalue weighted by Gasteiger charge is 2.20. The first-order valence-corrected chi connectivity index (χ1v) is 9.84. The predicted molar refractivity (Wildman–Crippen MR) is 108 cm³/mol. The topological polar surface area (TPSA) is 54.3 Å². The van der Waals surface area contributed by atoms with E-state index in [1.807, 2.05) is 39.0 Å². The molecule has 0 saturated carbocycles. The minimum absolute atomic E-state index is 0.0282. The van der Waals surface area contributed by atoms with Crippen molar-refractivity contribution in [1.29, 1.82) is 0 Å². The zero-order valence-corrected chi connectivity index (χ0v) is 16.2. The van der Waals surface area contributed by atoms with Crippen LogP contribution in [0.3, 0.4) is 0 Å². The fourth-order valence-electron chi connectivity index (χ4n) is 3.33. The first-order chi connectivity index (χ1) is 12.5. The Morgan fingerprint density at radius 3 is 2.50 bits per heavy atom. The third-order valence-corrected chi connectivity index (χ3v) is 5.87. The standard InChI is InChI=1S/C19H23N5OS/c1-13(2)24-12-20-17-10-15(4-5-16(17)18(24)25)22-6-8-23(9-7-22)19-21-14(3)11-26-19/h4-5,10-13H,6-9H2,1-3H3. The molecule has 7 heteroatoms. The van der Waals surface area contributed by atoms with Crippen molar-refractivity contribution in [2.45, 2.75) is 26.8 Å². The Bertz CT molecular complexity index is 985. The van der Waals surface area contributed by atoms with Gasteiger partial charge in [-0.15, -0.1) is 11.3 Å². The van der Waals surface area contributed by atoms with Crippen LogP contribution in [0.5, 0.6) is 0 Å². The molecule has 26 heavy (non-hydrogen) atoms. The molecule has 136 valence electrons. The molecule has 0 radical (unpaired) electrons. The number of aromatic nitrogens is 3.